The van der Waals surface area contributed by atoms with E-state index in [2.05, 4.69) is 21.2 Å². The lowest BCUT2D eigenvalue weighted by Crippen LogP contribution is -2.39. The van der Waals surface area contributed by atoms with E-state index in [0.29, 0.717) is 6.04 Å². The molecular weight excluding hydrogens is 305 g/mol. The van der Waals surface area contributed by atoms with Crippen LogP contribution in [0.3, 0.4) is 0 Å². The minimum Gasteiger partial charge on any atom is -0.345 e. The molecule has 1 aliphatic rings. The van der Waals surface area contributed by atoms with Crippen LogP contribution in [-0.2, 0) is 7.05 Å². The Kier molecular flexibility index (Phi) is 5.04. The van der Waals surface area contributed by atoms with Gasteiger partial charge in [0.05, 0.1) is 0 Å². The Balaban J connectivity index is 0.00000144. The Morgan fingerprint density at radius 3 is 2.82 bits per heavy atom. The van der Waals surface area contributed by atoms with E-state index >= 15 is 0 Å². The fourth-order valence-electron chi connectivity index (χ4n) is 2.05. The molecular formula is C11H17BrClN3O. The largest absolute Gasteiger partial charge is 0.345 e. The van der Waals surface area contributed by atoms with Gasteiger partial charge in [0, 0.05) is 37.4 Å². The van der Waals surface area contributed by atoms with E-state index in [4.69, 9.17) is 0 Å². The molecule has 1 aliphatic heterocycles. The van der Waals surface area contributed by atoms with Crippen molar-refractivity contribution in [2.75, 3.05) is 20.1 Å². The summed E-state index contributed by atoms with van der Waals surface area (Å²) in [6.07, 6.45) is 2.93. The zero-order valence-electron chi connectivity index (χ0n) is 9.94. The highest BCUT2D eigenvalue weighted by Gasteiger charge is 2.25. The second kappa shape index (κ2) is 5.89. The van der Waals surface area contributed by atoms with Gasteiger partial charge in [0.1, 0.15) is 5.69 Å². The average molecular weight is 323 g/mol. The summed E-state index contributed by atoms with van der Waals surface area (Å²) in [4.78, 5) is 14.1. The van der Waals surface area contributed by atoms with E-state index in [1.165, 1.54) is 0 Å². The maximum absolute atomic E-state index is 12.2. The number of amides is 1. The van der Waals surface area contributed by atoms with Crippen molar-refractivity contribution >= 4 is 34.2 Å². The number of hydrogen-bond acceptors (Lipinski definition) is 2. The molecule has 1 atom stereocenters. The summed E-state index contributed by atoms with van der Waals surface area (Å²) in [5.41, 5.74) is 0.723. The Morgan fingerprint density at radius 1 is 1.65 bits per heavy atom. The predicted molar refractivity (Wildman–Crippen MR) is 73.7 cm³/mol. The zero-order valence-corrected chi connectivity index (χ0v) is 12.3. The summed E-state index contributed by atoms with van der Waals surface area (Å²) in [7, 11) is 3.76. The van der Waals surface area contributed by atoms with Crippen molar-refractivity contribution in [2.24, 2.45) is 7.05 Å². The number of aryl methyl sites for hydroxylation is 1. The first-order valence-electron chi connectivity index (χ1n) is 5.39. The SMILES string of the molecule is CN(C(=O)c1cc(Br)cn1C)C1CCNC1.Cl. The molecule has 1 fully saturated rings. The van der Waals surface area contributed by atoms with Gasteiger partial charge in [-0.3, -0.25) is 4.79 Å². The van der Waals surface area contributed by atoms with E-state index < -0.39 is 0 Å². The van der Waals surface area contributed by atoms with Gasteiger partial charge < -0.3 is 14.8 Å². The van der Waals surface area contributed by atoms with Crippen LogP contribution < -0.4 is 5.32 Å². The van der Waals surface area contributed by atoms with Crippen molar-refractivity contribution in [2.45, 2.75) is 12.5 Å². The molecule has 2 heterocycles. The molecule has 1 N–H and O–H groups in total. The van der Waals surface area contributed by atoms with E-state index in [1.54, 1.807) is 0 Å². The highest BCUT2D eigenvalue weighted by atomic mass is 79.9. The lowest BCUT2D eigenvalue weighted by Gasteiger charge is -2.23. The Labute approximate surface area is 116 Å². The fourth-order valence-corrected chi connectivity index (χ4v) is 2.58. The first kappa shape index (κ1) is 14.5. The number of halogens is 2. The van der Waals surface area contributed by atoms with Crippen LogP contribution >= 0.6 is 28.3 Å². The lowest BCUT2D eigenvalue weighted by molar-refractivity contribution is 0.0734. The van der Waals surface area contributed by atoms with Crippen molar-refractivity contribution in [1.82, 2.24) is 14.8 Å². The summed E-state index contributed by atoms with van der Waals surface area (Å²) < 4.78 is 2.79. The number of carbonyl (C=O) groups excluding carboxylic acids is 1. The van der Waals surface area contributed by atoms with Crippen LogP contribution in [0, 0.1) is 0 Å². The zero-order chi connectivity index (χ0) is 11.7. The summed E-state index contributed by atoms with van der Waals surface area (Å²) in [5, 5.41) is 3.27. The monoisotopic (exact) mass is 321 g/mol. The summed E-state index contributed by atoms with van der Waals surface area (Å²) in [5.74, 6) is 0.0851. The number of aromatic nitrogens is 1. The average Bonchev–Trinajstić information content (AvgIpc) is 2.85. The molecule has 0 spiro atoms. The van der Waals surface area contributed by atoms with Gasteiger partial charge in [0.15, 0.2) is 0 Å². The van der Waals surface area contributed by atoms with Gasteiger partial charge in [-0.2, -0.15) is 0 Å². The van der Waals surface area contributed by atoms with Gasteiger partial charge in [-0.15, -0.1) is 12.4 Å². The molecule has 96 valence electrons. The number of carbonyl (C=O) groups is 1. The van der Waals surface area contributed by atoms with Gasteiger partial charge in [-0.05, 0) is 35.0 Å². The molecule has 6 heteroatoms. The third-order valence-corrected chi connectivity index (χ3v) is 3.53. The minimum absolute atomic E-state index is 0. The first-order chi connectivity index (χ1) is 7.59. The third kappa shape index (κ3) is 3.03. The van der Waals surface area contributed by atoms with Gasteiger partial charge in [0.2, 0.25) is 0 Å². The molecule has 0 bridgehead atoms. The molecule has 2 rings (SSSR count). The van der Waals surface area contributed by atoms with Crippen molar-refractivity contribution < 1.29 is 4.79 Å². The van der Waals surface area contributed by atoms with Crippen LogP contribution in [0.25, 0.3) is 0 Å². The quantitative estimate of drug-likeness (QED) is 0.899. The van der Waals surface area contributed by atoms with E-state index in [1.807, 2.05) is 35.8 Å². The standard InChI is InChI=1S/C11H16BrN3O.ClH/c1-14-7-8(12)5-10(14)11(16)15(2)9-3-4-13-6-9;/h5,7,9,13H,3-4,6H2,1-2H3;1H. The van der Waals surface area contributed by atoms with Crippen LogP contribution in [0.2, 0.25) is 0 Å². The van der Waals surface area contributed by atoms with Crippen molar-refractivity contribution in [3.05, 3.63) is 22.4 Å². The third-order valence-electron chi connectivity index (χ3n) is 3.09. The molecule has 1 amide bonds. The first-order valence-corrected chi connectivity index (χ1v) is 6.18. The summed E-state index contributed by atoms with van der Waals surface area (Å²) >= 11 is 3.38. The van der Waals surface area contributed by atoms with E-state index in [9.17, 15) is 4.79 Å². The molecule has 0 radical (unpaired) electrons. The van der Waals surface area contributed by atoms with Gasteiger partial charge >= 0.3 is 0 Å². The second-order valence-electron chi connectivity index (χ2n) is 4.22. The molecule has 1 aromatic heterocycles. The maximum Gasteiger partial charge on any atom is 0.270 e. The van der Waals surface area contributed by atoms with Crippen molar-refractivity contribution in [1.29, 1.82) is 0 Å². The molecule has 1 unspecified atom stereocenters. The maximum atomic E-state index is 12.2. The van der Waals surface area contributed by atoms with Gasteiger partial charge in [-0.1, -0.05) is 0 Å². The number of likely N-dealkylation sites (N-methyl/N-ethyl adjacent to an activating group) is 1. The normalized spacial score (nSPS) is 18.9. The lowest BCUT2D eigenvalue weighted by atomic mass is 10.2. The van der Waals surface area contributed by atoms with Crippen LogP contribution in [0.15, 0.2) is 16.7 Å². The molecule has 1 aromatic rings. The minimum atomic E-state index is 0. The second-order valence-corrected chi connectivity index (χ2v) is 5.13. The predicted octanol–water partition coefficient (Wildman–Crippen LogP) is 1.64. The van der Waals surface area contributed by atoms with Crippen LogP contribution in [0.5, 0.6) is 0 Å². The molecule has 0 saturated carbocycles. The Hall–Kier alpha value is -0.520. The van der Waals surface area contributed by atoms with Gasteiger partial charge in [0.25, 0.3) is 5.91 Å². The smallest absolute Gasteiger partial charge is 0.270 e. The molecule has 0 aliphatic carbocycles. The van der Waals surface area contributed by atoms with Crippen LogP contribution in [0.1, 0.15) is 16.9 Å². The fraction of sp³-hybridized carbons (Fsp3) is 0.545. The van der Waals surface area contributed by atoms with Crippen molar-refractivity contribution in [3.8, 4) is 0 Å². The number of nitrogens with zero attached hydrogens (tertiary/aromatic N) is 2. The van der Waals surface area contributed by atoms with E-state index in [0.717, 1.165) is 29.7 Å². The molecule has 4 nitrogen and oxygen atoms in total. The van der Waals surface area contributed by atoms with Crippen molar-refractivity contribution in [3.63, 3.8) is 0 Å². The number of rotatable bonds is 2. The summed E-state index contributed by atoms with van der Waals surface area (Å²) in [6.45, 7) is 1.90. The number of hydrogen-bond donors (Lipinski definition) is 1. The van der Waals surface area contributed by atoms with Crippen LogP contribution in [0.4, 0.5) is 0 Å². The van der Waals surface area contributed by atoms with E-state index in [-0.39, 0.29) is 18.3 Å². The summed E-state index contributed by atoms with van der Waals surface area (Å²) in [6, 6.07) is 2.18. The highest BCUT2D eigenvalue weighted by molar-refractivity contribution is 9.10. The molecule has 0 aromatic carbocycles. The number of nitrogens with one attached hydrogen (secondary N) is 1. The molecule has 17 heavy (non-hydrogen) atoms. The van der Waals surface area contributed by atoms with Gasteiger partial charge in [-0.25, -0.2) is 0 Å². The Bertz CT molecular complexity index is 401. The topological polar surface area (TPSA) is 37.3 Å². The van der Waals surface area contributed by atoms with Crippen LogP contribution in [-0.4, -0.2) is 41.6 Å². The Morgan fingerprint density at radius 2 is 2.35 bits per heavy atom. The molecule has 1 saturated heterocycles. The highest BCUT2D eigenvalue weighted by Crippen LogP contribution is 2.17.